The molecule has 5 fully saturated rings. The summed E-state index contributed by atoms with van der Waals surface area (Å²) in [6.07, 6.45) is 7.25. The minimum Gasteiger partial charge on any atom is -0.459 e. The molecule has 26 heavy (non-hydrogen) atoms. The van der Waals surface area contributed by atoms with E-state index in [1.165, 1.54) is 6.42 Å². The SMILES string of the molecule is CCC(C)(C)C(=O)OC12CC3CC(CC(OCC4(C)OC4(C)C)(C3)C1)C2. The van der Waals surface area contributed by atoms with Crippen molar-refractivity contribution in [3.63, 3.8) is 0 Å². The van der Waals surface area contributed by atoms with E-state index in [0.29, 0.717) is 18.4 Å². The third-order valence-electron chi connectivity index (χ3n) is 8.07. The van der Waals surface area contributed by atoms with Gasteiger partial charge in [-0.05, 0) is 85.0 Å². The van der Waals surface area contributed by atoms with Crippen LogP contribution in [0.2, 0.25) is 0 Å². The molecule has 1 saturated heterocycles. The molecule has 1 heterocycles. The van der Waals surface area contributed by atoms with E-state index < -0.39 is 5.41 Å². The summed E-state index contributed by atoms with van der Waals surface area (Å²) in [5.74, 6) is 1.24. The first-order valence-electron chi connectivity index (χ1n) is 10.5. The number of hydrogen-bond acceptors (Lipinski definition) is 4. The van der Waals surface area contributed by atoms with E-state index in [1.807, 2.05) is 13.8 Å². The molecule has 0 N–H and O–H groups in total. The largest absolute Gasteiger partial charge is 0.459 e. The van der Waals surface area contributed by atoms with Gasteiger partial charge >= 0.3 is 5.97 Å². The molecule has 0 amide bonds. The fourth-order valence-electron chi connectivity index (χ4n) is 5.90. The molecule has 3 unspecified atom stereocenters. The summed E-state index contributed by atoms with van der Waals surface area (Å²) in [6.45, 7) is 13.1. The lowest BCUT2D eigenvalue weighted by atomic mass is 9.52. The molecule has 1 aliphatic heterocycles. The van der Waals surface area contributed by atoms with Crippen LogP contribution in [0.3, 0.4) is 0 Å². The zero-order valence-corrected chi connectivity index (χ0v) is 17.4. The maximum atomic E-state index is 12.8. The number of epoxide rings is 1. The van der Waals surface area contributed by atoms with Gasteiger partial charge in [-0.25, -0.2) is 0 Å². The van der Waals surface area contributed by atoms with Gasteiger partial charge in [0.1, 0.15) is 11.2 Å². The van der Waals surface area contributed by atoms with Crippen LogP contribution in [0.1, 0.15) is 86.5 Å². The molecule has 3 atom stereocenters. The van der Waals surface area contributed by atoms with Crippen LogP contribution in [0.4, 0.5) is 0 Å². The van der Waals surface area contributed by atoms with Crippen molar-refractivity contribution >= 4 is 5.97 Å². The number of carbonyl (C=O) groups excluding carboxylic acids is 1. The maximum absolute atomic E-state index is 12.8. The van der Waals surface area contributed by atoms with Gasteiger partial charge < -0.3 is 14.2 Å². The van der Waals surface area contributed by atoms with E-state index in [4.69, 9.17) is 14.2 Å². The van der Waals surface area contributed by atoms with Gasteiger partial charge in [0.2, 0.25) is 0 Å². The van der Waals surface area contributed by atoms with E-state index in [9.17, 15) is 4.79 Å². The Morgan fingerprint density at radius 1 is 1.08 bits per heavy atom. The van der Waals surface area contributed by atoms with Gasteiger partial charge in [0, 0.05) is 6.42 Å². The molecule has 4 aliphatic carbocycles. The molecule has 4 nitrogen and oxygen atoms in total. The molecule has 4 saturated carbocycles. The normalized spacial score (nSPS) is 45.6. The highest BCUT2D eigenvalue weighted by atomic mass is 16.7. The highest BCUT2D eigenvalue weighted by Crippen LogP contribution is 2.61. The fourth-order valence-corrected chi connectivity index (χ4v) is 5.90. The zero-order chi connectivity index (χ0) is 19.0. The van der Waals surface area contributed by atoms with Gasteiger partial charge in [0.05, 0.1) is 23.2 Å². The fraction of sp³-hybridized carbons (Fsp3) is 0.955. The monoisotopic (exact) mass is 364 g/mol. The van der Waals surface area contributed by atoms with E-state index in [-0.39, 0.29) is 28.4 Å². The summed E-state index contributed by atoms with van der Waals surface area (Å²) in [5, 5.41) is 0. The summed E-state index contributed by atoms with van der Waals surface area (Å²) in [6, 6.07) is 0. The number of rotatable bonds is 6. The Morgan fingerprint density at radius 2 is 1.62 bits per heavy atom. The van der Waals surface area contributed by atoms with Crippen molar-refractivity contribution in [3.05, 3.63) is 0 Å². The van der Waals surface area contributed by atoms with Crippen molar-refractivity contribution in [2.24, 2.45) is 17.3 Å². The van der Waals surface area contributed by atoms with Gasteiger partial charge in [-0.15, -0.1) is 0 Å². The summed E-state index contributed by atoms with van der Waals surface area (Å²) in [4.78, 5) is 12.8. The van der Waals surface area contributed by atoms with Crippen LogP contribution >= 0.6 is 0 Å². The summed E-state index contributed by atoms with van der Waals surface area (Å²) < 4.78 is 18.8. The first-order chi connectivity index (χ1) is 11.9. The smallest absolute Gasteiger partial charge is 0.312 e. The molecule has 0 radical (unpaired) electrons. The average Bonchev–Trinajstić information content (AvgIpc) is 3.02. The Bertz CT molecular complexity index is 593. The lowest BCUT2D eigenvalue weighted by molar-refractivity contribution is -0.240. The van der Waals surface area contributed by atoms with Crippen molar-refractivity contribution in [2.45, 2.75) is 109 Å². The quantitative estimate of drug-likeness (QED) is 0.509. The highest BCUT2D eigenvalue weighted by molar-refractivity contribution is 5.76. The first-order valence-corrected chi connectivity index (χ1v) is 10.5. The van der Waals surface area contributed by atoms with Crippen LogP contribution in [0, 0.1) is 17.3 Å². The maximum Gasteiger partial charge on any atom is 0.312 e. The Balaban J connectivity index is 1.50. The van der Waals surface area contributed by atoms with Gasteiger partial charge in [-0.1, -0.05) is 6.92 Å². The summed E-state index contributed by atoms with van der Waals surface area (Å²) >= 11 is 0. The Kier molecular flexibility index (Phi) is 3.94. The van der Waals surface area contributed by atoms with Gasteiger partial charge in [0.15, 0.2) is 0 Å². The second-order valence-electron chi connectivity index (χ2n) is 11.1. The molecule has 0 spiro atoms. The number of esters is 1. The van der Waals surface area contributed by atoms with Crippen LogP contribution < -0.4 is 0 Å². The van der Waals surface area contributed by atoms with Crippen molar-refractivity contribution in [3.8, 4) is 0 Å². The zero-order valence-electron chi connectivity index (χ0n) is 17.4. The molecular weight excluding hydrogens is 328 g/mol. The third-order valence-corrected chi connectivity index (χ3v) is 8.07. The van der Waals surface area contributed by atoms with Gasteiger partial charge in [0.25, 0.3) is 0 Å². The number of ether oxygens (including phenoxy) is 3. The minimum absolute atomic E-state index is 0.0317. The van der Waals surface area contributed by atoms with E-state index in [1.54, 1.807) is 0 Å². The molecule has 148 valence electrons. The molecule has 0 aromatic carbocycles. The predicted octanol–water partition coefficient (Wildman–Crippen LogP) is 4.64. The predicted molar refractivity (Wildman–Crippen MR) is 99.8 cm³/mol. The second kappa shape index (κ2) is 5.47. The average molecular weight is 365 g/mol. The van der Waals surface area contributed by atoms with Crippen molar-refractivity contribution in [1.82, 2.24) is 0 Å². The lowest BCUT2D eigenvalue weighted by Crippen LogP contribution is -2.62. The molecule has 5 aliphatic rings. The lowest BCUT2D eigenvalue weighted by Gasteiger charge is -2.61. The van der Waals surface area contributed by atoms with Crippen LogP contribution in [0.25, 0.3) is 0 Å². The Hall–Kier alpha value is -0.610. The van der Waals surface area contributed by atoms with E-state index in [2.05, 4.69) is 27.7 Å². The van der Waals surface area contributed by atoms with E-state index >= 15 is 0 Å². The Morgan fingerprint density at radius 3 is 2.12 bits per heavy atom. The van der Waals surface area contributed by atoms with Crippen LogP contribution in [-0.2, 0) is 19.0 Å². The summed E-state index contributed by atoms with van der Waals surface area (Å²) in [7, 11) is 0. The molecular formula is C22H36O4. The molecule has 4 heteroatoms. The Labute approximate surface area is 158 Å². The minimum atomic E-state index is -0.406. The molecule has 0 aromatic rings. The summed E-state index contributed by atoms with van der Waals surface area (Å²) in [5.41, 5.74) is -1.09. The van der Waals surface area contributed by atoms with Gasteiger partial charge in [-0.3, -0.25) is 4.79 Å². The van der Waals surface area contributed by atoms with Crippen LogP contribution in [0.5, 0.6) is 0 Å². The highest BCUT2D eigenvalue weighted by Gasteiger charge is 2.64. The molecule has 0 aromatic heterocycles. The van der Waals surface area contributed by atoms with Crippen LogP contribution in [0.15, 0.2) is 0 Å². The van der Waals surface area contributed by atoms with Crippen molar-refractivity contribution in [1.29, 1.82) is 0 Å². The number of hydrogen-bond donors (Lipinski definition) is 0. The van der Waals surface area contributed by atoms with Gasteiger partial charge in [-0.2, -0.15) is 0 Å². The topological polar surface area (TPSA) is 48.1 Å². The molecule has 4 bridgehead atoms. The van der Waals surface area contributed by atoms with E-state index in [0.717, 1.165) is 38.5 Å². The second-order valence-corrected chi connectivity index (χ2v) is 11.1. The van der Waals surface area contributed by atoms with Crippen molar-refractivity contribution in [2.75, 3.05) is 6.61 Å². The third kappa shape index (κ3) is 2.92. The standard InChI is InChI=1S/C22H36O4/c1-7-18(2,3)17(23)25-22-11-15-8-16(12-22)10-21(9-15,13-22)24-14-20(6)19(4,5)26-20/h15-16H,7-14H2,1-6H3. The first kappa shape index (κ1) is 18.7. The van der Waals surface area contributed by atoms with Crippen LogP contribution in [-0.4, -0.2) is 35.0 Å². The number of carbonyl (C=O) groups is 1. The molecule has 5 rings (SSSR count). The van der Waals surface area contributed by atoms with Crippen molar-refractivity contribution < 1.29 is 19.0 Å².